The minimum absolute atomic E-state index is 0.201. The van der Waals surface area contributed by atoms with Gasteiger partial charge in [0.1, 0.15) is 0 Å². The minimum Gasteiger partial charge on any atom is -0.208 e. The molecule has 1 heterocycles. The molecule has 3 nitrogen and oxygen atoms in total. The minimum atomic E-state index is -0.572. The molecule has 1 spiro atoms. The lowest BCUT2D eigenvalue weighted by molar-refractivity contribution is 0.563. The van der Waals surface area contributed by atoms with E-state index in [2.05, 4.69) is 208 Å². The molecule has 0 amide bonds. The Morgan fingerprint density at radius 2 is 0.969 bits per heavy atom. The van der Waals surface area contributed by atoms with Crippen molar-refractivity contribution < 1.29 is 0 Å². The third-order valence-corrected chi connectivity index (χ3v) is 14.6. The second-order valence-electron chi connectivity index (χ2n) is 18.2. The van der Waals surface area contributed by atoms with Crippen LogP contribution in [0.25, 0.3) is 62.0 Å². The maximum Gasteiger partial charge on any atom is 0.164 e. The second-order valence-corrected chi connectivity index (χ2v) is 18.2. The molecule has 64 heavy (non-hydrogen) atoms. The van der Waals surface area contributed by atoms with Crippen molar-refractivity contribution in [1.82, 2.24) is 15.0 Å². The van der Waals surface area contributed by atoms with Crippen molar-refractivity contribution in [3.8, 4) is 56.4 Å². The van der Waals surface area contributed by atoms with Crippen LogP contribution in [0.2, 0.25) is 0 Å². The predicted octanol–water partition coefficient (Wildman–Crippen LogP) is 14.2. The maximum absolute atomic E-state index is 5.42. The molecular weight excluding hydrogens is 775 g/mol. The smallest absolute Gasteiger partial charge is 0.164 e. The first kappa shape index (κ1) is 36.9. The Kier molecular flexibility index (Phi) is 7.99. The van der Waals surface area contributed by atoms with Crippen LogP contribution in [0.15, 0.2) is 224 Å². The van der Waals surface area contributed by atoms with Gasteiger partial charge in [0.05, 0.1) is 5.41 Å². The van der Waals surface area contributed by atoms with Gasteiger partial charge in [0.15, 0.2) is 17.5 Å². The molecule has 0 saturated heterocycles. The van der Waals surface area contributed by atoms with Gasteiger partial charge in [-0.3, -0.25) is 0 Å². The van der Waals surface area contributed by atoms with Gasteiger partial charge in [-0.25, -0.2) is 15.0 Å². The summed E-state index contributed by atoms with van der Waals surface area (Å²) in [6.07, 6.45) is 16.1. The van der Waals surface area contributed by atoms with Crippen molar-refractivity contribution in [2.75, 3.05) is 0 Å². The fraction of sp³-hybridized carbons (Fsp3) is 0.0984. The molecule has 5 aliphatic rings. The van der Waals surface area contributed by atoms with Gasteiger partial charge in [0.2, 0.25) is 0 Å². The average molecular weight is 818 g/mol. The highest BCUT2D eigenvalue weighted by Gasteiger charge is 2.54. The predicted molar refractivity (Wildman–Crippen MR) is 260 cm³/mol. The van der Waals surface area contributed by atoms with E-state index in [1.807, 2.05) is 18.2 Å². The molecule has 0 N–H and O–H groups in total. The summed E-state index contributed by atoms with van der Waals surface area (Å²) in [5, 5.41) is 0. The van der Waals surface area contributed by atoms with Crippen molar-refractivity contribution in [2.45, 2.75) is 24.7 Å². The molecule has 2 unspecified atom stereocenters. The zero-order valence-corrected chi connectivity index (χ0v) is 35.7. The van der Waals surface area contributed by atoms with Crippen molar-refractivity contribution in [1.29, 1.82) is 0 Å². The summed E-state index contributed by atoms with van der Waals surface area (Å²) in [7, 11) is 0. The summed E-state index contributed by atoms with van der Waals surface area (Å²) in [6.45, 7) is 4.76. The lowest BCUT2D eigenvalue weighted by Crippen LogP contribution is -2.40. The molecule has 0 saturated carbocycles. The van der Waals surface area contributed by atoms with Crippen molar-refractivity contribution in [3.05, 3.63) is 262 Å². The Morgan fingerprint density at radius 3 is 1.64 bits per heavy atom. The molecule has 0 fully saturated rings. The fourth-order valence-corrected chi connectivity index (χ4v) is 11.5. The molecule has 2 atom stereocenters. The van der Waals surface area contributed by atoms with Gasteiger partial charge < -0.3 is 0 Å². The number of rotatable bonds is 5. The highest BCUT2D eigenvalue weighted by molar-refractivity contribution is 5.98. The van der Waals surface area contributed by atoms with Gasteiger partial charge in [-0.05, 0) is 84.0 Å². The van der Waals surface area contributed by atoms with E-state index < -0.39 is 5.41 Å². The first-order valence-electron chi connectivity index (χ1n) is 22.4. The first-order chi connectivity index (χ1) is 31.5. The summed E-state index contributed by atoms with van der Waals surface area (Å²) in [5.41, 5.74) is 20.0. The summed E-state index contributed by atoms with van der Waals surface area (Å²) in [6, 6.07) is 61.8. The van der Waals surface area contributed by atoms with Gasteiger partial charge in [0, 0.05) is 33.9 Å². The zero-order valence-electron chi connectivity index (χ0n) is 35.7. The third-order valence-electron chi connectivity index (χ3n) is 14.6. The van der Waals surface area contributed by atoms with E-state index in [9.17, 15) is 0 Å². The van der Waals surface area contributed by atoms with Gasteiger partial charge in [0.25, 0.3) is 0 Å². The lowest BCUT2D eigenvalue weighted by Gasteiger charge is -2.46. The molecule has 13 rings (SSSR count). The van der Waals surface area contributed by atoms with Crippen LogP contribution in [0.3, 0.4) is 0 Å². The third kappa shape index (κ3) is 5.25. The second kappa shape index (κ2) is 13.9. The highest BCUT2D eigenvalue weighted by Crippen LogP contribution is 2.64. The van der Waals surface area contributed by atoms with Crippen LogP contribution in [-0.4, -0.2) is 15.0 Å². The van der Waals surface area contributed by atoms with E-state index >= 15 is 0 Å². The van der Waals surface area contributed by atoms with Crippen molar-refractivity contribution in [2.24, 2.45) is 11.8 Å². The Hall–Kier alpha value is -7.75. The van der Waals surface area contributed by atoms with Crippen molar-refractivity contribution in [3.63, 3.8) is 0 Å². The van der Waals surface area contributed by atoms with E-state index in [1.54, 1.807) is 0 Å². The Morgan fingerprint density at radius 1 is 0.406 bits per heavy atom. The molecular formula is C61H43N3. The van der Waals surface area contributed by atoms with E-state index in [1.165, 1.54) is 72.4 Å². The number of benzene rings is 7. The topological polar surface area (TPSA) is 38.7 Å². The molecule has 8 aromatic rings. The number of hydrogen-bond acceptors (Lipinski definition) is 3. The summed E-state index contributed by atoms with van der Waals surface area (Å²) < 4.78 is 0. The molecule has 7 aromatic carbocycles. The average Bonchev–Trinajstić information content (AvgIpc) is 3.64. The quantitative estimate of drug-likeness (QED) is 0.174. The Balaban J connectivity index is 1.08. The van der Waals surface area contributed by atoms with Gasteiger partial charge in [-0.2, -0.15) is 0 Å². The highest BCUT2D eigenvalue weighted by atomic mass is 15.0. The number of nitrogens with zero attached hydrogens (tertiary/aromatic N) is 3. The van der Waals surface area contributed by atoms with Crippen molar-refractivity contribution >= 4 is 5.57 Å². The van der Waals surface area contributed by atoms with E-state index in [0.29, 0.717) is 29.3 Å². The summed E-state index contributed by atoms with van der Waals surface area (Å²) >= 11 is 0. The summed E-state index contributed by atoms with van der Waals surface area (Å²) in [4.78, 5) is 16.0. The molecule has 302 valence electrons. The molecule has 0 radical (unpaired) electrons. The molecule has 5 aliphatic carbocycles. The van der Waals surface area contributed by atoms with E-state index in [4.69, 9.17) is 15.0 Å². The van der Waals surface area contributed by atoms with E-state index in [-0.39, 0.29) is 5.41 Å². The Bertz CT molecular complexity index is 3350. The van der Waals surface area contributed by atoms with Crippen LogP contribution in [0, 0.1) is 11.8 Å². The van der Waals surface area contributed by atoms with Crippen LogP contribution in [-0.2, 0) is 10.8 Å². The van der Waals surface area contributed by atoms with Crippen LogP contribution in [0.4, 0.5) is 0 Å². The number of allylic oxidation sites excluding steroid dienone is 10. The number of fused-ring (bicyclic) bond motifs is 12. The largest absolute Gasteiger partial charge is 0.208 e. The lowest BCUT2D eigenvalue weighted by atomic mass is 9.55. The Labute approximate surface area is 374 Å². The number of hydrogen-bond donors (Lipinski definition) is 0. The molecule has 0 aliphatic heterocycles. The van der Waals surface area contributed by atoms with Gasteiger partial charge >= 0.3 is 0 Å². The molecule has 1 aromatic heterocycles. The van der Waals surface area contributed by atoms with Gasteiger partial charge in [-0.1, -0.05) is 220 Å². The molecule has 3 heteroatoms. The first-order valence-corrected chi connectivity index (χ1v) is 22.4. The van der Waals surface area contributed by atoms with Crippen LogP contribution in [0.5, 0.6) is 0 Å². The number of aromatic nitrogens is 3. The maximum atomic E-state index is 5.42. The van der Waals surface area contributed by atoms with Crippen LogP contribution < -0.4 is 0 Å². The normalized spacial score (nSPS) is 18.6. The monoisotopic (exact) mass is 817 g/mol. The zero-order chi connectivity index (χ0) is 42.6. The summed E-state index contributed by atoms with van der Waals surface area (Å²) in [5.74, 6) is 2.73. The molecule has 0 bridgehead atoms. The van der Waals surface area contributed by atoms with E-state index in [0.717, 1.165) is 22.3 Å². The van der Waals surface area contributed by atoms with Gasteiger partial charge in [-0.15, -0.1) is 0 Å². The van der Waals surface area contributed by atoms with Crippen LogP contribution >= 0.6 is 0 Å². The standard InChI is InChI=1S/C61H43N3/c1-60(2)51-23-11-13-25-53(51)61(54-26-14-12-24-52(54)60)50-35-32-43(48-36-42-20-9-10-21-44(42)45-33-34-46(45)48)37-49(50)56-47(22-15-27-55(56)61)59-63-57(40-18-7-4-8-19-40)62-58(64-59)41-30-28-39(29-31-41)38-16-5-3-6-17-38/h3-37,44-45H,1-2H3. The SMILES string of the molecule is CC1(C)c2ccccc2C2(c3ccc(C4=C5C=CC5C5C=CC=CC5=C4)cc3-c3c(-c4nc(-c5ccccc5)nc(-c5ccc(-c6ccccc6)cc5)n4)cccc32)c2ccccc21. The fourth-order valence-electron chi connectivity index (χ4n) is 11.5. The van der Waals surface area contributed by atoms with Crippen LogP contribution in [0.1, 0.15) is 52.8 Å².